The van der Waals surface area contributed by atoms with Gasteiger partial charge < -0.3 is 5.73 Å². The molecule has 0 bridgehead atoms. The standard InChI is InChI=1S/C11H14N2/c1-3-10(6-7-12)11-5-4-9(2)13-8-11/h3-8H,12H2,1-2H3/b7-6-,10-3+. The third-order valence-corrected chi connectivity index (χ3v) is 1.83. The second kappa shape index (κ2) is 4.45. The van der Waals surface area contributed by atoms with Gasteiger partial charge in [0.05, 0.1) is 0 Å². The van der Waals surface area contributed by atoms with Crippen molar-refractivity contribution in [2.75, 3.05) is 0 Å². The van der Waals surface area contributed by atoms with E-state index in [1.165, 1.54) is 6.20 Å². The Morgan fingerprint density at radius 1 is 1.46 bits per heavy atom. The Balaban J connectivity index is 3.00. The van der Waals surface area contributed by atoms with Crippen molar-refractivity contribution in [3.05, 3.63) is 47.9 Å². The Labute approximate surface area is 78.8 Å². The lowest BCUT2D eigenvalue weighted by molar-refractivity contribution is 1.19. The topological polar surface area (TPSA) is 38.9 Å². The Kier molecular flexibility index (Phi) is 3.26. The van der Waals surface area contributed by atoms with Crippen LogP contribution in [-0.4, -0.2) is 4.98 Å². The number of aromatic nitrogens is 1. The first-order chi connectivity index (χ1) is 6.27. The van der Waals surface area contributed by atoms with Crippen LogP contribution in [0.25, 0.3) is 5.57 Å². The Morgan fingerprint density at radius 3 is 2.69 bits per heavy atom. The molecular formula is C11H14N2. The summed E-state index contributed by atoms with van der Waals surface area (Å²) in [5.41, 5.74) is 8.54. The van der Waals surface area contributed by atoms with Gasteiger partial charge in [-0.2, -0.15) is 0 Å². The summed E-state index contributed by atoms with van der Waals surface area (Å²) in [4.78, 5) is 4.21. The van der Waals surface area contributed by atoms with Crippen LogP contribution in [0.4, 0.5) is 0 Å². The fourth-order valence-electron chi connectivity index (χ4n) is 1.10. The van der Waals surface area contributed by atoms with Crippen LogP contribution >= 0.6 is 0 Å². The lowest BCUT2D eigenvalue weighted by atomic mass is 10.1. The minimum atomic E-state index is 1.02. The van der Waals surface area contributed by atoms with Gasteiger partial charge in [0.2, 0.25) is 0 Å². The maximum atomic E-state index is 5.33. The first-order valence-electron chi connectivity index (χ1n) is 4.25. The predicted octanol–water partition coefficient (Wildman–Crippen LogP) is 2.27. The van der Waals surface area contributed by atoms with Crippen LogP contribution in [0.2, 0.25) is 0 Å². The molecule has 0 aromatic carbocycles. The zero-order valence-corrected chi connectivity index (χ0v) is 7.99. The summed E-state index contributed by atoms with van der Waals surface area (Å²) in [7, 11) is 0. The molecule has 68 valence electrons. The summed E-state index contributed by atoms with van der Waals surface area (Å²) in [5.74, 6) is 0. The monoisotopic (exact) mass is 174 g/mol. The summed E-state index contributed by atoms with van der Waals surface area (Å²) in [5, 5.41) is 0. The van der Waals surface area contributed by atoms with E-state index in [9.17, 15) is 0 Å². The van der Waals surface area contributed by atoms with Crippen molar-refractivity contribution in [3.63, 3.8) is 0 Å². The molecule has 0 amide bonds. The molecule has 0 saturated heterocycles. The molecule has 1 rings (SSSR count). The van der Waals surface area contributed by atoms with Crippen LogP contribution in [0.15, 0.2) is 36.7 Å². The average molecular weight is 174 g/mol. The number of hydrogen-bond acceptors (Lipinski definition) is 2. The van der Waals surface area contributed by atoms with Gasteiger partial charge in [-0.3, -0.25) is 4.98 Å². The van der Waals surface area contributed by atoms with Gasteiger partial charge in [0.1, 0.15) is 0 Å². The van der Waals surface area contributed by atoms with Crippen molar-refractivity contribution < 1.29 is 0 Å². The van der Waals surface area contributed by atoms with E-state index in [-0.39, 0.29) is 0 Å². The number of rotatable bonds is 2. The van der Waals surface area contributed by atoms with Crippen LogP contribution in [0.3, 0.4) is 0 Å². The van der Waals surface area contributed by atoms with Gasteiger partial charge in [0.15, 0.2) is 0 Å². The highest BCUT2D eigenvalue weighted by molar-refractivity contribution is 5.73. The summed E-state index contributed by atoms with van der Waals surface area (Å²) in [6, 6.07) is 4.03. The summed E-state index contributed by atoms with van der Waals surface area (Å²) < 4.78 is 0. The van der Waals surface area contributed by atoms with Gasteiger partial charge in [-0.15, -0.1) is 0 Å². The SMILES string of the molecule is C/C=C(\C=C/N)c1ccc(C)nc1. The molecule has 1 aromatic rings. The van der Waals surface area contributed by atoms with Crippen LogP contribution in [0.1, 0.15) is 18.2 Å². The van der Waals surface area contributed by atoms with Crippen molar-refractivity contribution in [1.29, 1.82) is 0 Å². The fourth-order valence-corrected chi connectivity index (χ4v) is 1.10. The fraction of sp³-hybridized carbons (Fsp3) is 0.182. The molecule has 0 aliphatic rings. The summed E-state index contributed by atoms with van der Waals surface area (Å²) >= 11 is 0. The molecular weight excluding hydrogens is 160 g/mol. The molecule has 2 heteroatoms. The molecule has 0 fully saturated rings. The van der Waals surface area contributed by atoms with Crippen LogP contribution in [0, 0.1) is 6.92 Å². The highest BCUT2D eigenvalue weighted by atomic mass is 14.7. The molecule has 2 N–H and O–H groups in total. The zero-order valence-electron chi connectivity index (χ0n) is 7.99. The number of hydrogen-bond donors (Lipinski definition) is 1. The zero-order chi connectivity index (χ0) is 9.68. The van der Waals surface area contributed by atoms with E-state index in [1.54, 1.807) is 0 Å². The molecule has 0 aliphatic heterocycles. The Morgan fingerprint density at radius 2 is 2.23 bits per heavy atom. The molecule has 0 unspecified atom stereocenters. The number of pyridine rings is 1. The maximum Gasteiger partial charge on any atom is 0.0373 e. The minimum Gasteiger partial charge on any atom is -0.405 e. The second-order valence-electron chi connectivity index (χ2n) is 2.79. The maximum absolute atomic E-state index is 5.33. The van der Waals surface area contributed by atoms with Crippen molar-refractivity contribution in [1.82, 2.24) is 4.98 Å². The highest BCUT2D eigenvalue weighted by Gasteiger charge is 1.95. The lowest BCUT2D eigenvalue weighted by Crippen LogP contribution is -1.86. The van der Waals surface area contributed by atoms with Crippen molar-refractivity contribution >= 4 is 5.57 Å². The van der Waals surface area contributed by atoms with Gasteiger partial charge >= 0.3 is 0 Å². The first kappa shape index (κ1) is 9.52. The van der Waals surface area contributed by atoms with E-state index in [1.807, 2.05) is 44.3 Å². The molecule has 0 radical (unpaired) electrons. The molecule has 0 aliphatic carbocycles. The van der Waals surface area contributed by atoms with Gasteiger partial charge in [0.25, 0.3) is 0 Å². The van der Waals surface area contributed by atoms with E-state index in [4.69, 9.17) is 5.73 Å². The Hall–Kier alpha value is -1.57. The van der Waals surface area contributed by atoms with Crippen molar-refractivity contribution in [3.8, 4) is 0 Å². The lowest BCUT2D eigenvalue weighted by Gasteiger charge is -2.00. The molecule has 0 atom stereocenters. The van der Waals surface area contributed by atoms with Crippen molar-refractivity contribution in [2.45, 2.75) is 13.8 Å². The quantitative estimate of drug-likeness (QED) is 0.698. The van der Waals surface area contributed by atoms with Gasteiger partial charge in [0, 0.05) is 11.9 Å². The minimum absolute atomic E-state index is 1.02. The van der Waals surface area contributed by atoms with Crippen LogP contribution in [0.5, 0.6) is 0 Å². The Bertz CT molecular complexity index is 320. The molecule has 1 heterocycles. The van der Waals surface area contributed by atoms with E-state index in [0.717, 1.165) is 16.8 Å². The number of aryl methyl sites for hydroxylation is 1. The molecule has 2 nitrogen and oxygen atoms in total. The van der Waals surface area contributed by atoms with Crippen molar-refractivity contribution in [2.24, 2.45) is 5.73 Å². The van der Waals surface area contributed by atoms with Crippen LogP contribution < -0.4 is 5.73 Å². The smallest absolute Gasteiger partial charge is 0.0373 e. The van der Waals surface area contributed by atoms with E-state index in [2.05, 4.69) is 4.98 Å². The number of nitrogens with two attached hydrogens (primary N) is 1. The van der Waals surface area contributed by atoms with E-state index < -0.39 is 0 Å². The second-order valence-corrected chi connectivity index (χ2v) is 2.79. The highest BCUT2D eigenvalue weighted by Crippen LogP contribution is 2.14. The summed E-state index contributed by atoms with van der Waals surface area (Å²) in [6.07, 6.45) is 7.27. The van der Waals surface area contributed by atoms with Gasteiger partial charge in [-0.25, -0.2) is 0 Å². The molecule has 0 spiro atoms. The largest absolute Gasteiger partial charge is 0.405 e. The normalized spacial score (nSPS) is 12.3. The first-order valence-corrected chi connectivity index (χ1v) is 4.25. The van der Waals surface area contributed by atoms with Gasteiger partial charge in [-0.1, -0.05) is 12.1 Å². The number of allylic oxidation sites excluding steroid dienone is 3. The van der Waals surface area contributed by atoms with Gasteiger partial charge in [-0.05, 0) is 43.3 Å². The molecule has 0 saturated carbocycles. The van der Waals surface area contributed by atoms with Crippen LogP contribution in [-0.2, 0) is 0 Å². The third kappa shape index (κ3) is 2.44. The van der Waals surface area contributed by atoms with E-state index in [0.29, 0.717) is 0 Å². The molecule has 13 heavy (non-hydrogen) atoms. The summed E-state index contributed by atoms with van der Waals surface area (Å²) in [6.45, 7) is 3.95. The third-order valence-electron chi connectivity index (χ3n) is 1.83. The average Bonchev–Trinajstić information content (AvgIpc) is 2.16. The molecule has 1 aromatic heterocycles. The number of nitrogens with zero attached hydrogens (tertiary/aromatic N) is 1. The van der Waals surface area contributed by atoms with E-state index >= 15 is 0 Å². The predicted molar refractivity (Wildman–Crippen MR) is 56.0 cm³/mol.